The molecule has 4 heteroatoms. The highest BCUT2D eigenvalue weighted by molar-refractivity contribution is 7.93. The predicted octanol–water partition coefficient (Wildman–Crippen LogP) is 4.59. The minimum atomic E-state index is -3.27. The number of sulfone groups is 1. The summed E-state index contributed by atoms with van der Waals surface area (Å²) in [6.45, 7) is 8.89. The van der Waals surface area contributed by atoms with Crippen LogP contribution in [0.4, 0.5) is 0 Å². The van der Waals surface area contributed by atoms with Crippen LogP contribution in [0.25, 0.3) is 0 Å². The van der Waals surface area contributed by atoms with Crippen LogP contribution in [0.1, 0.15) is 24.8 Å². The van der Waals surface area contributed by atoms with Gasteiger partial charge in [0.05, 0.1) is 9.64 Å². The molecular weight excluding hydrogens is 296 g/mol. The zero-order valence-electron chi connectivity index (χ0n) is 13.5. The van der Waals surface area contributed by atoms with Gasteiger partial charge in [-0.15, -0.1) is 0 Å². The van der Waals surface area contributed by atoms with E-state index in [2.05, 4.69) is 25.7 Å². The molecule has 1 aromatic rings. The van der Waals surface area contributed by atoms with E-state index < -0.39 is 22.7 Å². The SMILES string of the molecule is Cc1ccc(S(=O)(=O)C2(/C=C/C[Si](C)(C)C)CCC2)cc1. The van der Waals surface area contributed by atoms with Gasteiger partial charge in [-0.2, -0.15) is 0 Å². The molecule has 2 nitrogen and oxygen atoms in total. The quantitative estimate of drug-likeness (QED) is 0.587. The van der Waals surface area contributed by atoms with E-state index in [9.17, 15) is 8.42 Å². The van der Waals surface area contributed by atoms with Crippen molar-refractivity contribution in [1.82, 2.24) is 0 Å². The molecule has 1 saturated carbocycles. The number of allylic oxidation sites excluding steroid dienone is 1. The fourth-order valence-corrected chi connectivity index (χ4v) is 5.52. The first-order valence-electron chi connectivity index (χ1n) is 7.65. The van der Waals surface area contributed by atoms with Gasteiger partial charge in [0.1, 0.15) is 0 Å². The summed E-state index contributed by atoms with van der Waals surface area (Å²) in [5.74, 6) is 0. The van der Waals surface area contributed by atoms with Crippen LogP contribution in [0.5, 0.6) is 0 Å². The van der Waals surface area contributed by atoms with Gasteiger partial charge in [0, 0.05) is 8.07 Å². The van der Waals surface area contributed by atoms with Crippen LogP contribution in [0.15, 0.2) is 41.3 Å². The lowest BCUT2D eigenvalue weighted by molar-refractivity contribution is 0.398. The number of rotatable bonds is 5. The van der Waals surface area contributed by atoms with Crippen molar-refractivity contribution in [3.63, 3.8) is 0 Å². The fraction of sp³-hybridized carbons (Fsp3) is 0.529. The summed E-state index contributed by atoms with van der Waals surface area (Å²) < 4.78 is 25.3. The topological polar surface area (TPSA) is 34.1 Å². The molecule has 0 heterocycles. The Morgan fingerprint density at radius 3 is 2.14 bits per heavy atom. The molecule has 2 rings (SSSR count). The number of aryl methyl sites for hydroxylation is 1. The average molecular weight is 323 g/mol. The van der Waals surface area contributed by atoms with Crippen molar-refractivity contribution in [2.45, 2.75) is 61.5 Å². The predicted molar refractivity (Wildman–Crippen MR) is 92.2 cm³/mol. The molecule has 0 N–H and O–H groups in total. The van der Waals surface area contributed by atoms with E-state index in [1.807, 2.05) is 25.1 Å². The van der Waals surface area contributed by atoms with Crippen LogP contribution >= 0.6 is 0 Å². The summed E-state index contributed by atoms with van der Waals surface area (Å²) in [5.41, 5.74) is 1.09. The molecule has 1 aromatic carbocycles. The molecule has 0 unspecified atom stereocenters. The first-order chi connectivity index (χ1) is 9.66. The molecular formula is C17H26O2SSi. The first-order valence-corrected chi connectivity index (χ1v) is 12.8. The summed E-state index contributed by atoms with van der Waals surface area (Å²) in [5, 5.41) is 0. The van der Waals surface area contributed by atoms with Crippen molar-refractivity contribution in [2.24, 2.45) is 0 Å². The Balaban J connectivity index is 2.29. The Labute approximate surface area is 130 Å². The van der Waals surface area contributed by atoms with Crippen molar-refractivity contribution in [3.8, 4) is 0 Å². The zero-order valence-corrected chi connectivity index (χ0v) is 15.3. The van der Waals surface area contributed by atoms with E-state index >= 15 is 0 Å². The van der Waals surface area contributed by atoms with Crippen molar-refractivity contribution in [1.29, 1.82) is 0 Å². The summed E-state index contributed by atoms with van der Waals surface area (Å²) >= 11 is 0. The monoisotopic (exact) mass is 322 g/mol. The number of hydrogen-bond acceptors (Lipinski definition) is 2. The molecule has 0 saturated heterocycles. The maximum atomic E-state index is 13.0. The summed E-state index contributed by atoms with van der Waals surface area (Å²) in [4.78, 5) is 0.463. The van der Waals surface area contributed by atoms with E-state index in [1.54, 1.807) is 12.1 Å². The van der Waals surface area contributed by atoms with Gasteiger partial charge in [0.15, 0.2) is 9.84 Å². The molecule has 0 bridgehead atoms. The van der Waals surface area contributed by atoms with Gasteiger partial charge in [-0.25, -0.2) is 8.42 Å². The van der Waals surface area contributed by atoms with Gasteiger partial charge in [-0.05, 0) is 44.4 Å². The highest BCUT2D eigenvalue weighted by atomic mass is 32.2. The van der Waals surface area contributed by atoms with Gasteiger partial charge < -0.3 is 0 Å². The van der Waals surface area contributed by atoms with Crippen LogP contribution in [-0.2, 0) is 9.84 Å². The average Bonchev–Trinajstić information content (AvgIpc) is 2.31. The second-order valence-corrected chi connectivity index (χ2v) is 15.2. The Morgan fingerprint density at radius 1 is 1.14 bits per heavy atom. The van der Waals surface area contributed by atoms with Crippen molar-refractivity contribution in [2.75, 3.05) is 0 Å². The molecule has 0 atom stereocenters. The minimum absolute atomic E-state index is 0.463. The third-order valence-electron chi connectivity index (χ3n) is 4.22. The molecule has 0 amide bonds. The van der Waals surface area contributed by atoms with Crippen molar-refractivity contribution in [3.05, 3.63) is 42.0 Å². The van der Waals surface area contributed by atoms with E-state index in [-0.39, 0.29) is 0 Å². The third-order valence-corrected chi connectivity index (χ3v) is 8.19. The molecule has 0 spiro atoms. The lowest BCUT2D eigenvalue weighted by Gasteiger charge is -2.38. The maximum Gasteiger partial charge on any atom is 0.187 e. The van der Waals surface area contributed by atoms with E-state index in [0.29, 0.717) is 4.90 Å². The summed E-state index contributed by atoms with van der Waals surface area (Å²) in [7, 11) is -4.44. The minimum Gasteiger partial charge on any atom is -0.223 e. The highest BCUT2D eigenvalue weighted by Crippen LogP contribution is 2.44. The van der Waals surface area contributed by atoms with Gasteiger partial charge >= 0.3 is 0 Å². The normalized spacial score (nSPS) is 18.7. The van der Waals surface area contributed by atoms with Crippen LogP contribution in [0, 0.1) is 6.92 Å². The number of hydrogen-bond donors (Lipinski definition) is 0. The van der Waals surface area contributed by atoms with E-state index in [4.69, 9.17) is 0 Å². The molecule has 0 aliphatic heterocycles. The van der Waals surface area contributed by atoms with Crippen molar-refractivity contribution < 1.29 is 8.42 Å². The van der Waals surface area contributed by atoms with Crippen molar-refractivity contribution >= 4 is 17.9 Å². The largest absolute Gasteiger partial charge is 0.223 e. The first kappa shape index (κ1) is 16.5. The molecule has 1 fully saturated rings. The van der Waals surface area contributed by atoms with Crippen LogP contribution in [0.3, 0.4) is 0 Å². The summed E-state index contributed by atoms with van der Waals surface area (Å²) in [6.07, 6.45) is 6.63. The zero-order chi connectivity index (χ0) is 15.7. The van der Waals surface area contributed by atoms with E-state index in [1.165, 1.54) is 0 Å². The Morgan fingerprint density at radius 2 is 1.71 bits per heavy atom. The lowest BCUT2D eigenvalue weighted by Crippen LogP contribution is -2.43. The molecule has 116 valence electrons. The van der Waals surface area contributed by atoms with Gasteiger partial charge in [0.25, 0.3) is 0 Å². The Hall–Kier alpha value is -0.873. The standard InChI is InChI=1S/C17H26O2SSi/c1-15-7-9-16(10-8-15)20(18,19)17(11-5-12-17)13-6-14-21(2,3)4/h6-10,13H,5,11-12,14H2,1-4H3/b13-6+. The summed E-state index contributed by atoms with van der Waals surface area (Å²) in [6, 6.07) is 8.29. The second-order valence-electron chi connectivity index (χ2n) is 7.40. The van der Waals surface area contributed by atoms with Gasteiger partial charge in [-0.3, -0.25) is 0 Å². The smallest absolute Gasteiger partial charge is 0.187 e. The third kappa shape index (κ3) is 3.48. The van der Waals surface area contributed by atoms with E-state index in [0.717, 1.165) is 30.9 Å². The lowest BCUT2D eigenvalue weighted by atomic mass is 9.84. The Kier molecular flexibility index (Phi) is 4.50. The van der Waals surface area contributed by atoms with Crippen LogP contribution in [-0.4, -0.2) is 21.2 Å². The molecule has 0 aromatic heterocycles. The number of benzene rings is 1. The molecule has 1 aliphatic rings. The van der Waals surface area contributed by atoms with Gasteiger partial charge in [0.2, 0.25) is 0 Å². The van der Waals surface area contributed by atoms with Gasteiger partial charge in [-0.1, -0.05) is 49.5 Å². The second kappa shape index (κ2) is 5.73. The molecule has 1 aliphatic carbocycles. The Bertz CT molecular complexity index is 618. The maximum absolute atomic E-state index is 13.0. The van der Waals surface area contributed by atoms with Crippen LogP contribution < -0.4 is 0 Å². The molecule has 0 radical (unpaired) electrons. The van der Waals surface area contributed by atoms with Crippen LogP contribution in [0.2, 0.25) is 25.7 Å². The molecule has 21 heavy (non-hydrogen) atoms. The fourth-order valence-electron chi connectivity index (χ4n) is 2.63. The highest BCUT2D eigenvalue weighted by Gasteiger charge is 2.47.